The number of methoxy groups -OCH3 is 1. The summed E-state index contributed by atoms with van der Waals surface area (Å²) in [5.41, 5.74) is 0.734. The van der Waals surface area contributed by atoms with E-state index in [0.717, 1.165) is 38.3 Å². The van der Waals surface area contributed by atoms with Crippen molar-refractivity contribution in [3.05, 3.63) is 12.4 Å². The molecular weight excluding hydrogens is 294 g/mol. The van der Waals surface area contributed by atoms with Crippen molar-refractivity contribution >= 4 is 11.7 Å². The highest BCUT2D eigenvalue weighted by Crippen LogP contribution is 2.18. The van der Waals surface area contributed by atoms with Crippen LogP contribution in [-0.4, -0.2) is 72.6 Å². The summed E-state index contributed by atoms with van der Waals surface area (Å²) in [6.45, 7) is 7.32. The summed E-state index contributed by atoms with van der Waals surface area (Å²) >= 11 is 0. The zero-order valence-corrected chi connectivity index (χ0v) is 14.5. The number of carbonyl (C=O) groups is 1. The Labute approximate surface area is 138 Å². The molecule has 1 aliphatic rings. The predicted octanol–water partition coefficient (Wildman–Crippen LogP) is 1.73. The number of urea groups is 1. The van der Waals surface area contributed by atoms with Crippen LogP contribution in [0.5, 0.6) is 0 Å². The molecule has 0 spiro atoms. The van der Waals surface area contributed by atoms with Gasteiger partial charge in [0, 0.05) is 32.9 Å². The van der Waals surface area contributed by atoms with Crippen molar-refractivity contribution in [3.8, 4) is 0 Å². The first-order valence-electron chi connectivity index (χ1n) is 8.38. The van der Waals surface area contributed by atoms with Crippen LogP contribution in [0.4, 0.5) is 10.5 Å². The Morgan fingerprint density at radius 3 is 3.13 bits per heavy atom. The molecule has 0 aromatic carbocycles. The molecule has 1 aromatic rings. The SMILES string of the molecule is CCCN(C)C[C@@H]1CCN(C(=O)Nc2cnn(CCOC)c2)C1. The first-order chi connectivity index (χ1) is 11.1. The number of carbonyl (C=O) groups excluding carboxylic acids is 1. The van der Waals surface area contributed by atoms with Gasteiger partial charge in [-0.3, -0.25) is 4.68 Å². The van der Waals surface area contributed by atoms with E-state index in [1.54, 1.807) is 18.0 Å². The van der Waals surface area contributed by atoms with Gasteiger partial charge in [-0.25, -0.2) is 4.79 Å². The molecule has 0 aliphatic carbocycles. The van der Waals surface area contributed by atoms with Gasteiger partial charge in [0.25, 0.3) is 0 Å². The fourth-order valence-electron chi connectivity index (χ4n) is 3.02. The van der Waals surface area contributed by atoms with E-state index in [9.17, 15) is 4.79 Å². The van der Waals surface area contributed by atoms with E-state index < -0.39 is 0 Å². The van der Waals surface area contributed by atoms with Gasteiger partial charge in [-0.2, -0.15) is 5.10 Å². The van der Waals surface area contributed by atoms with Crippen molar-refractivity contribution < 1.29 is 9.53 Å². The molecule has 0 saturated carbocycles. The van der Waals surface area contributed by atoms with Crippen molar-refractivity contribution in [1.82, 2.24) is 19.6 Å². The molecular formula is C16H29N5O2. The number of likely N-dealkylation sites (tertiary alicyclic amines) is 1. The Hall–Kier alpha value is -1.60. The predicted molar refractivity (Wildman–Crippen MR) is 90.6 cm³/mol. The zero-order valence-electron chi connectivity index (χ0n) is 14.5. The molecule has 1 aromatic heterocycles. The second-order valence-electron chi connectivity index (χ2n) is 6.28. The van der Waals surface area contributed by atoms with Gasteiger partial charge in [-0.15, -0.1) is 0 Å². The summed E-state index contributed by atoms with van der Waals surface area (Å²) in [4.78, 5) is 16.6. The lowest BCUT2D eigenvalue weighted by Crippen LogP contribution is -2.34. The summed E-state index contributed by atoms with van der Waals surface area (Å²) in [5, 5.41) is 7.13. The molecule has 2 heterocycles. The number of hydrogen-bond acceptors (Lipinski definition) is 4. The smallest absolute Gasteiger partial charge is 0.321 e. The molecule has 130 valence electrons. The standard InChI is InChI=1S/C16H29N5O2/c1-4-6-19(2)11-14-5-7-20(12-14)16(22)18-15-10-17-21(13-15)8-9-23-3/h10,13-14H,4-9,11-12H2,1-3H3,(H,18,22)/t14-/m0/s1. The fraction of sp³-hybridized carbons (Fsp3) is 0.750. The molecule has 0 radical (unpaired) electrons. The molecule has 7 nitrogen and oxygen atoms in total. The monoisotopic (exact) mass is 323 g/mol. The highest BCUT2D eigenvalue weighted by atomic mass is 16.5. The van der Waals surface area contributed by atoms with Crippen LogP contribution in [0.15, 0.2) is 12.4 Å². The van der Waals surface area contributed by atoms with E-state index in [2.05, 4.69) is 29.3 Å². The topological polar surface area (TPSA) is 62.6 Å². The highest BCUT2D eigenvalue weighted by molar-refractivity contribution is 5.89. The maximum Gasteiger partial charge on any atom is 0.321 e. The van der Waals surface area contributed by atoms with Crippen molar-refractivity contribution in [2.24, 2.45) is 5.92 Å². The minimum atomic E-state index is -0.0306. The molecule has 0 unspecified atom stereocenters. The van der Waals surface area contributed by atoms with Gasteiger partial charge in [0.2, 0.25) is 0 Å². The van der Waals surface area contributed by atoms with Crippen molar-refractivity contribution in [1.29, 1.82) is 0 Å². The van der Waals surface area contributed by atoms with Gasteiger partial charge in [0.15, 0.2) is 0 Å². The van der Waals surface area contributed by atoms with Gasteiger partial charge in [-0.1, -0.05) is 6.92 Å². The third-order valence-electron chi connectivity index (χ3n) is 4.16. The number of amides is 2. The van der Waals surface area contributed by atoms with Gasteiger partial charge in [0.1, 0.15) is 0 Å². The van der Waals surface area contributed by atoms with E-state index >= 15 is 0 Å². The fourth-order valence-corrected chi connectivity index (χ4v) is 3.02. The zero-order chi connectivity index (χ0) is 16.7. The van der Waals surface area contributed by atoms with Crippen LogP contribution in [0.25, 0.3) is 0 Å². The number of nitrogens with one attached hydrogen (secondary N) is 1. The van der Waals surface area contributed by atoms with E-state index in [4.69, 9.17) is 4.74 Å². The van der Waals surface area contributed by atoms with Crippen molar-refractivity contribution in [2.75, 3.05) is 52.3 Å². The molecule has 2 rings (SSSR count). The van der Waals surface area contributed by atoms with Crippen LogP contribution >= 0.6 is 0 Å². The molecule has 0 bridgehead atoms. The Morgan fingerprint density at radius 1 is 1.57 bits per heavy atom. The molecule has 23 heavy (non-hydrogen) atoms. The first-order valence-corrected chi connectivity index (χ1v) is 8.38. The van der Waals surface area contributed by atoms with Crippen LogP contribution in [0, 0.1) is 5.92 Å². The second-order valence-corrected chi connectivity index (χ2v) is 6.28. The molecule has 2 amide bonds. The first kappa shape index (κ1) is 17.7. The molecule has 1 aliphatic heterocycles. The Kier molecular flexibility index (Phi) is 6.85. The van der Waals surface area contributed by atoms with Gasteiger partial charge >= 0.3 is 6.03 Å². The summed E-state index contributed by atoms with van der Waals surface area (Å²) < 4.78 is 6.79. The molecule has 1 saturated heterocycles. The van der Waals surface area contributed by atoms with Crippen molar-refractivity contribution in [3.63, 3.8) is 0 Å². The second kappa shape index (κ2) is 8.88. The number of anilines is 1. The normalized spacial score (nSPS) is 17.9. The van der Waals surface area contributed by atoms with Crippen LogP contribution < -0.4 is 5.32 Å². The Morgan fingerprint density at radius 2 is 2.39 bits per heavy atom. The van der Waals surface area contributed by atoms with E-state index in [1.807, 2.05) is 11.1 Å². The average Bonchev–Trinajstić information content (AvgIpc) is 3.15. The summed E-state index contributed by atoms with van der Waals surface area (Å²) in [7, 11) is 3.81. The lowest BCUT2D eigenvalue weighted by molar-refractivity contribution is 0.183. The largest absolute Gasteiger partial charge is 0.383 e. The minimum absolute atomic E-state index is 0.0306. The lowest BCUT2D eigenvalue weighted by Gasteiger charge is -2.21. The number of rotatable bonds is 8. The minimum Gasteiger partial charge on any atom is -0.383 e. The van der Waals surface area contributed by atoms with Crippen molar-refractivity contribution in [2.45, 2.75) is 26.3 Å². The highest BCUT2D eigenvalue weighted by Gasteiger charge is 2.27. The summed E-state index contributed by atoms with van der Waals surface area (Å²) in [5.74, 6) is 0.571. The van der Waals surface area contributed by atoms with Crippen LogP contribution in [0.1, 0.15) is 19.8 Å². The number of aromatic nitrogens is 2. The Bertz CT molecular complexity index is 491. The maximum atomic E-state index is 12.3. The van der Waals surface area contributed by atoms with Gasteiger partial charge < -0.3 is 19.9 Å². The molecule has 7 heteroatoms. The van der Waals surface area contributed by atoms with Crippen LogP contribution in [-0.2, 0) is 11.3 Å². The lowest BCUT2D eigenvalue weighted by atomic mass is 10.1. The van der Waals surface area contributed by atoms with Crippen LogP contribution in [0.2, 0.25) is 0 Å². The number of nitrogens with zero attached hydrogens (tertiary/aromatic N) is 4. The van der Waals surface area contributed by atoms with Gasteiger partial charge in [0.05, 0.1) is 25.0 Å². The summed E-state index contributed by atoms with van der Waals surface area (Å²) in [6, 6.07) is -0.0306. The summed E-state index contributed by atoms with van der Waals surface area (Å²) in [6.07, 6.45) is 5.75. The van der Waals surface area contributed by atoms with E-state index in [0.29, 0.717) is 19.1 Å². The third kappa shape index (κ3) is 5.51. The van der Waals surface area contributed by atoms with Gasteiger partial charge in [-0.05, 0) is 32.4 Å². The molecule has 1 N–H and O–H groups in total. The van der Waals surface area contributed by atoms with Crippen LogP contribution in [0.3, 0.4) is 0 Å². The quantitative estimate of drug-likeness (QED) is 0.791. The maximum absolute atomic E-state index is 12.3. The number of hydrogen-bond donors (Lipinski definition) is 1. The Balaban J connectivity index is 1.77. The average molecular weight is 323 g/mol. The van der Waals surface area contributed by atoms with E-state index in [1.165, 1.54) is 6.42 Å². The number of ether oxygens (including phenoxy) is 1. The third-order valence-corrected chi connectivity index (χ3v) is 4.16. The molecule has 1 fully saturated rings. The van der Waals surface area contributed by atoms with E-state index in [-0.39, 0.29) is 6.03 Å². The molecule has 1 atom stereocenters.